The van der Waals surface area contributed by atoms with Crippen molar-refractivity contribution < 1.29 is 14.5 Å². The van der Waals surface area contributed by atoms with Gasteiger partial charge in [0.25, 0.3) is 0 Å². The molecule has 0 aliphatic carbocycles. The van der Waals surface area contributed by atoms with Gasteiger partial charge in [-0.25, -0.2) is 0 Å². The standard InChI is InChI=1S/C18H42N8O2/c1-7-26(8-2)13-24-18(28)14(10-23-15(21-5)11-19-3)9-17(27)25-16(22-6)12-20-4/h14-16,19-23H,7-13H2,1-6H3,(H,24,28)(H,25,27)/p+1. The molecule has 0 aromatic rings. The fourth-order valence-electron chi connectivity index (χ4n) is 2.79. The van der Waals surface area contributed by atoms with Crippen molar-refractivity contribution in [2.75, 3.05) is 67.6 Å². The van der Waals surface area contributed by atoms with Crippen LogP contribution in [0, 0.1) is 5.92 Å². The quantitative estimate of drug-likeness (QED) is 0.117. The smallest absolute Gasteiger partial charge is 0.229 e. The second kappa shape index (κ2) is 16.6. The minimum absolute atomic E-state index is 0.0196. The molecule has 0 heterocycles. The van der Waals surface area contributed by atoms with Crippen LogP contribution in [0.4, 0.5) is 0 Å². The molecule has 0 fully saturated rings. The number of amides is 2. The molecule has 8 N–H and O–H groups in total. The van der Waals surface area contributed by atoms with Gasteiger partial charge in [-0.15, -0.1) is 0 Å². The van der Waals surface area contributed by atoms with Gasteiger partial charge in [0.05, 0.1) is 31.3 Å². The lowest BCUT2D eigenvalue weighted by molar-refractivity contribution is -0.898. The molecule has 166 valence electrons. The predicted octanol–water partition coefficient (Wildman–Crippen LogP) is -3.77. The normalized spacial score (nSPS) is 14.5. The third-order valence-electron chi connectivity index (χ3n) is 4.77. The summed E-state index contributed by atoms with van der Waals surface area (Å²) in [5.41, 5.74) is 0. The lowest BCUT2D eigenvalue weighted by Crippen LogP contribution is -3.13. The average Bonchev–Trinajstić information content (AvgIpc) is 2.70. The number of carbonyl (C=O) groups excluding carboxylic acids is 2. The zero-order valence-electron chi connectivity index (χ0n) is 18.5. The molecule has 0 aromatic carbocycles. The first-order valence-electron chi connectivity index (χ1n) is 10.2. The van der Waals surface area contributed by atoms with E-state index < -0.39 is 5.92 Å². The largest absolute Gasteiger partial charge is 0.339 e. The summed E-state index contributed by atoms with van der Waals surface area (Å²) in [6.45, 7) is 8.36. The Morgan fingerprint density at radius 2 is 1.43 bits per heavy atom. The van der Waals surface area contributed by atoms with Crippen molar-refractivity contribution in [2.45, 2.75) is 32.6 Å². The van der Waals surface area contributed by atoms with Crippen LogP contribution in [0.25, 0.3) is 0 Å². The first kappa shape index (κ1) is 26.7. The van der Waals surface area contributed by atoms with Gasteiger partial charge in [-0.05, 0) is 42.0 Å². The van der Waals surface area contributed by atoms with Crippen molar-refractivity contribution in [1.29, 1.82) is 0 Å². The van der Waals surface area contributed by atoms with Crippen LogP contribution in [-0.4, -0.2) is 91.7 Å². The summed E-state index contributed by atoms with van der Waals surface area (Å²) in [7, 11) is 7.34. The molecule has 0 saturated carbocycles. The van der Waals surface area contributed by atoms with E-state index in [2.05, 4.69) is 51.1 Å². The molecule has 0 aromatic heterocycles. The van der Waals surface area contributed by atoms with E-state index >= 15 is 0 Å². The van der Waals surface area contributed by atoms with Gasteiger partial charge in [0.2, 0.25) is 11.8 Å². The van der Waals surface area contributed by atoms with Crippen LogP contribution in [0.15, 0.2) is 0 Å². The molecule has 0 rings (SSSR count). The Morgan fingerprint density at radius 1 is 0.857 bits per heavy atom. The highest BCUT2D eigenvalue weighted by Crippen LogP contribution is 2.03. The summed E-state index contributed by atoms with van der Waals surface area (Å²) in [4.78, 5) is 26.5. The Bertz CT molecular complexity index is 420. The summed E-state index contributed by atoms with van der Waals surface area (Å²) in [6.07, 6.45) is -0.0284. The number of nitrogens with one attached hydrogen (secondary N) is 8. The molecule has 0 aliphatic rings. The molecule has 3 atom stereocenters. The third-order valence-corrected chi connectivity index (χ3v) is 4.77. The summed E-state index contributed by atoms with van der Waals surface area (Å²) < 4.78 is 0. The fraction of sp³-hybridized carbons (Fsp3) is 0.889. The number of carbonyl (C=O) groups is 2. The number of likely N-dealkylation sites (N-methyl/N-ethyl adjacent to an activating group) is 4. The third kappa shape index (κ3) is 11.5. The Morgan fingerprint density at radius 3 is 1.93 bits per heavy atom. The second-order valence-corrected chi connectivity index (χ2v) is 6.85. The second-order valence-electron chi connectivity index (χ2n) is 6.85. The molecule has 0 bridgehead atoms. The van der Waals surface area contributed by atoms with E-state index in [1.807, 2.05) is 21.1 Å². The summed E-state index contributed by atoms with van der Waals surface area (Å²) in [5, 5.41) is 21.5. The van der Waals surface area contributed by atoms with E-state index in [1.54, 1.807) is 7.05 Å². The van der Waals surface area contributed by atoms with E-state index in [-0.39, 0.29) is 30.6 Å². The van der Waals surface area contributed by atoms with Crippen LogP contribution < -0.4 is 42.1 Å². The predicted molar refractivity (Wildman–Crippen MR) is 113 cm³/mol. The molecule has 2 amide bonds. The average molecular weight is 404 g/mol. The summed E-state index contributed by atoms with van der Waals surface area (Å²) in [6, 6.07) is 0. The van der Waals surface area contributed by atoms with E-state index in [9.17, 15) is 9.59 Å². The highest BCUT2D eigenvalue weighted by atomic mass is 16.2. The number of hydrogen-bond acceptors (Lipinski definition) is 7. The fourth-order valence-corrected chi connectivity index (χ4v) is 2.79. The van der Waals surface area contributed by atoms with Crippen molar-refractivity contribution in [1.82, 2.24) is 37.2 Å². The molecule has 28 heavy (non-hydrogen) atoms. The monoisotopic (exact) mass is 403 g/mol. The first-order chi connectivity index (χ1) is 13.4. The Hall–Kier alpha value is -1.30. The van der Waals surface area contributed by atoms with Gasteiger partial charge < -0.3 is 36.8 Å². The lowest BCUT2D eigenvalue weighted by Gasteiger charge is -2.24. The van der Waals surface area contributed by atoms with Crippen molar-refractivity contribution in [3.05, 3.63) is 0 Å². The van der Waals surface area contributed by atoms with Crippen molar-refractivity contribution in [2.24, 2.45) is 5.92 Å². The Kier molecular flexibility index (Phi) is 15.9. The molecule has 0 saturated heterocycles. The van der Waals surface area contributed by atoms with Gasteiger partial charge in [-0.2, -0.15) is 0 Å². The van der Waals surface area contributed by atoms with Gasteiger partial charge in [0.1, 0.15) is 0 Å². The van der Waals surface area contributed by atoms with Gasteiger partial charge in [-0.1, -0.05) is 0 Å². The van der Waals surface area contributed by atoms with Crippen molar-refractivity contribution in [3.63, 3.8) is 0 Å². The zero-order valence-corrected chi connectivity index (χ0v) is 18.5. The van der Waals surface area contributed by atoms with Crippen LogP contribution >= 0.6 is 0 Å². The first-order valence-corrected chi connectivity index (χ1v) is 10.2. The molecule has 0 aliphatic heterocycles. The minimum Gasteiger partial charge on any atom is -0.339 e. The topological polar surface area (TPSA) is 123 Å². The molecule has 10 nitrogen and oxygen atoms in total. The highest BCUT2D eigenvalue weighted by molar-refractivity contribution is 5.86. The Labute approximate surface area is 170 Å². The molecule has 3 unspecified atom stereocenters. The van der Waals surface area contributed by atoms with Crippen LogP contribution in [0.1, 0.15) is 20.3 Å². The van der Waals surface area contributed by atoms with Gasteiger partial charge >= 0.3 is 0 Å². The van der Waals surface area contributed by atoms with Gasteiger partial charge in [-0.3, -0.25) is 14.9 Å². The number of rotatable bonds is 17. The maximum atomic E-state index is 12.7. The SMILES string of the molecule is CC[NH+](CC)CNC(=O)C(CNC(CNC)NC)CC(=O)NC(CNC)NC. The van der Waals surface area contributed by atoms with Crippen molar-refractivity contribution in [3.8, 4) is 0 Å². The van der Waals surface area contributed by atoms with Gasteiger partial charge in [0.15, 0.2) is 6.67 Å². The van der Waals surface area contributed by atoms with Gasteiger partial charge in [0, 0.05) is 26.1 Å². The summed E-state index contributed by atoms with van der Waals surface area (Å²) >= 11 is 0. The van der Waals surface area contributed by atoms with E-state index in [0.717, 1.165) is 13.1 Å². The van der Waals surface area contributed by atoms with Crippen molar-refractivity contribution >= 4 is 11.8 Å². The van der Waals surface area contributed by atoms with Crippen LogP contribution in [-0.2, 0) is 9.59 Å². The Balaban J connectivity index is 4.89. The van der Waals surface area contributed by atoms with E-state index in [1.165, 1.54) is 4.90 Å². The minimum atomic E-state index is -0.449. The maximum absolute atomic E-state index is 12.7. The molecule has 0 radical (unpaired) electrons. The van der Waals surface area contributed by atoms with E-state index in [4.69, 9.17) is 0 Å². The van der Waals surface area contributed by atoms with E-state index in [0.29, 0.717) is 26.3 Å². The number of quaternary nitrogens is 1. The lowest BCUT2D eigenvalue weighted by atomic mass is 10.0. The molecule has 0 spiro atoms. The van der Waals surface area contributed by atoms with Crippen LogP contribution in [0.2, 0.25) is 0 Å². The molecular weight excluding hydrogens is 360 g/mol. The molecular formula is C18H43N8O2+. The maximum Gasteiger partial charge on any atom is 0.229 e. The van der Waals surface area contributed by atoms with Crippen LogP contribution in [0.3, 0.4) is 0 Å². The van der Waals surface area contributed by atoms with Crippen LogP contribution in [0.5, 0.6) is 0 Å². The highest BCUT2D eigenvalue weighted by Gasteiger charge is 2.24. The zero-order chi connectivity index (χ0) is 21.4. The number of hydrogen-bond donors (Lipinski definition) is 8. The summed E-state index contributed by atoms with van der Waals surface area (Å²) in [5.74, 6) is -0.702. The molecule has 10 heteroatoms.